The van der Waals surface area contributed by atoms with Gasteiger partial charge in [-0.15, -0.1) is 0 Å². The third kappa shape index (κ3) is 3.70. The maximum absolute atomic E-state index is 12.8. The van der Waals surface area contributed by atoms with E-state index in [-0.39, 0.29) is 24.0 Å². The van der Waals surface area contributed by atoms with Crippen molar-refractivity contribution in [1.29, 1.82) is 0 Å². The quantitative estimate of drug-likeness (QED) is 0.818. The standard InChI is InChI=1S/C18H26N4O3/c1-13(23)22-10-5-6-15(22)18(24)21-11-8-14(12-21)25-16-7-4-9-19-17(16)20(2)3/h4,7,9,14-15H,5-6,8,10-12H2,1-3H3/t14-,15-/m0/s1. The molecule has 0 radical (unpaired) electrons. The first kappa shape index (κ1) is 17.5. The number of nitrogens with zero attached hydrogens (tertiary/aromatic N) is 4. The van der Waals surface area contributed by atoms with Crippen LogP contribution in [0.4, 0.5) is 5.82 Å². The number of amides is 2. The molecule has 0 aromatic carbocycles. The highest BCUT2D eigenvalue weighted by Crippen LogP contribution is 2.28. The highest BCUT2D eigenvalue weighted by Gasteiger charge is 2.38. The fraction of sp³-hybridized carbons (Fsp3) is 0.611. The van der Waals surface area contributed by atoms with Crippen molar-refractivity contribution >= 4 is 17.6 Å². The van der Waals surface area contributed by atoms with Gasteiger partial charge >= 0.3 is 0 Å². The Hall–Kier alpha value is -2.31. The Morgan fingerprint density at radius 1 is 1.28 bits per heavy atom. The van der Waals surface area contributed by atoms with E-state index in [9.17, 15) is 9.59 Å². The van der Waals surface area contributed by atoms with E-state index in [1.165, 1.54) is 6.92 Å². The lowest BCUT2D eigenvalue weighted by Gasteiger charge is -2.27. The molecule has 3 heterocycles. The number of carbonyl (C=O) groups excluding carboxylic acids is 2. The lowest BCUT2D eigenvalue weighted by molar-refractivity contribution is -0.142. The predicted octanol–water partition coefficient (Wildman–Crippen LogP) is 1.14. The van der Waals surface area contributed by atoms with Crippen molar-refractivity contribution in [2.24, 2.45) is 0 Å². The summed E-state index contributed by atoms with van der Waals surface area (Å²) < 4.78 is 6.11. The van der Waals surface area contributed by atoms with Crippen LogP contribution in [0.5, 0.6) is 5.75 Å². The molecular weight excluding hydrogens is 320 g/mol. The van der Waals surface area contributed by atoms with Gasteiger partial charge in [0.15, 0.2) is 11.6 Å². The molecule has 0 saturated carbocycles. The molecule has 0 spiro atoms. The van der Waals surface area contributed by atoms with Crippen LogP contribution < -0.4 is 9.64 Å². The van der Waals surface area contributed by atoms with Crippen LogP contribution >= 0.6 is 0 Å². The van der Waals surface area contributed by atoms with Crippen molar-refractivity contribution in [2.75, 3.05) is 38.6 Å². The smallest absolute Gasteiger partial charge is 0.245 e. The number of hydrogen-bond acceptors (Lipinski definition) is 5. The van der Waals surface area contributed by atoms with Crippen molar-refractivity contribution in [1.82, 2.24) is 14.8 Å². The van der Waals surface area contributed by atoms with Crippen molar-refractivity contribution in [3.63, 3.8) is 0 Å². The van der Waals surface area contributed by atoms with E-state index < -0.39 is 0 Å². The zero-order valence-corrected chi connectivity index (χ0v) is 15.1. The minimum absolute atomic E-state index is 0.0196. The van der Waals surface area contributed by atoms with E-state index in [1.807, 2.05) is 36.0 Å². The van der Waals surface area contributed by atoms with Gasteiger partial charge in [0, 0.05) is 46.7 Å². The highest BCUT2D eigenvalue weighted by atomic mass is 16.5. The number of likely N-dealkylation sites (tertiary alicyclic amines) is 2. The summed E-state index contributed by atoms with van der Waals surface area (Å²) >= 11 is 0. The third-order valence-corrected chi connectivity index (χ3v) is 4.87. The number of carbonyl (C=O) groups is 2. The molecule has 1 aromatic heterocycles. The molecule has 136 valence electrons. The molecule has 0 aliphatic carbocycles. The Labute approximate surface area is 148 Å². The third-order valence-electron chi connectivity index (χ3n) is 4.87. The number of aromatic nitrogens is 1. The zero-order chi connectivity index (χ0) is 18.0. The van der Waals surface area contributed by atoms with E-state index in [0.717, 1.165) is 30.8 Å². The van der Waals surface area contributed by atoms with Gasteiger partial charge < -0.3 is 19.4 Å². The molecule has 2 fully saturated rings. The molecule has 3 rings (SSSR count). The van der Waals surface area contributed by atoms with E-state index in [1.54, 1.807) is 11.1 Å². The average Bonchev–Trinajstić information content (AvgIpc) is 3.24. The van der Waals surface area contributed by atoms with Crippen molar-refractivity contribution in [2.45, 2.75) is 38.3 Å². The van der Waals surface area contributed by atoms with Gasteiger partial charge in [0.1, 0.15) is 12.1 Å². The summed E-state index contributed by atoms with van der Waals surface area (Å²) in [6, 6.07) is 3.46. The first-order valence-corrected chi connectivity index (χ1v) is 8.82. The van der Waals surface area contributed by atoms with Gasteiger partial charge in [0.05, 0.1) is 6.54 Å². The number of pyridine rings is 1. The van der Waals surface area contributed by atoms with Crippen molar-refractivity contribution in [3.8, 4) is 5.75 Å². The normalized spacial score (nSPS) is 23.0. The van der Waals surface area contributed by atoms with Crippen LogP contribution in [0.25, 0.3) is 0 Å². The van der Waals surface area contributed by atoms with Crippen LogP contribution in [0.15, 0.2) is 18.3 Å². The van der Waals surface area contributed by atoms with Gasteiger partial charge in [-0.2, -0.15) is 0 Å². The summed E-state index contributed by atoms with van der Waals surface area (Å²) in [5, 5.41) is 0. The molecule has 25 heavy (non-hydrogen) atoms. The number of rotatable bonds is 4. The Bertz CT molecular complexity index is 649. The number of hydrogen-bond donors (Lipinski definition) is 0. The fourth-order valence-electron chi connectivity index (χ4n) is 3.63. The SMILES string of the molecule is CC(=O)N1CCC[C@H]1C(=O)N1CC[C@H](Oc2cccnc2N(C)C)C1. The molecule has 2 aliphatic heterocycles. The first-order valence-electron chi connectivity index (χ1n) is 8.82. The molecule has 0 bridgehead atoms. The van der Waals surface area contributed by atoms with Gasteiger partial charge in [0.25, 0.3) is 0 Å². The molecule has 2 atom stereocenters. The molecule has 2 amide bonds. The monoisotopic (exact) mass is 346 g/mol. The lowest BCUT2D eigenvalue weighted by Crippen LogP contribution is -2.46. The van der Waals surface area contributed by atoms with E-state index in [2.05, 4.69) is 4.98 Å². The van der Waals surface area contributed by atoms with Gasteiger partial charge in [-0.25, -0.2) is 4.98 Å². The Morgan fingerprint density at radius 2 is 2.08 bits per heavy atom. The maximum atomic E-state index is 12.8. The molecule has 7 heteroatoms. The van der Waals surface area contributed by atoms with Crippen LogP contribution in [-0.2, 0) is 9.59 Å². The summed E-state index contributed by atoms with van der Waals surface area (Å²) in [6.07, 6.45) is 4.14. The summed E-state index contributed by atoms with van der Waals surface area (Å²) in [4.78, 5) is 34.3. The Kier molecular flexibility index (Phi) is 5.11. The Balaban J connectivity index is 1.62. The van der Waals surface area contributed by atoms with Gasteiger partial charge in [-0.1, -0.05) is 0 Å². The summed E-state index contributed by atoms with van der Waals surface area (Å²) in [7, 11) is 3.85. The molecular formula is C18H26N4O3. The Morgan fingerprint density at radius 3 is 2.80 bits per heavy atom. The van der Waals surface area contributed by atoms with Crippen molar-refractivity contribution in [3.05, 3.63) is 18.3 Å². The largest absolute Gasteiger partial charge is 0.485 e. The van der Waals surface area contributed by atoms with Gasteiger partial charge in [0.2, 0.25) is 11.8 Å². The second kappa shape index (κ2) is 7.29. The highest BCUT2D eigenvalue weighted by molar-refractivity contribution is 5.87. The van der Waals surface area contributed by atoms with Gasteiger partial charge in [-0.05, 0) is 25.0 Å². The maximum Gasteiger partial charge on any atom is 0.245 e. The summed E-state index contributed by atoms with van der Waals surface area (Å²) in [5.41, 5.74) is 0. The molecule has 2 aliphatic rings. The van der Waals surface area contributed by atoms with Crippen LogP contribution in [0.1, 0.15) is 26.2 Å². The van der Waals surface area contributed by atoms with Crippen LogP contribution in [0.2, 0.25) is 0 Å². The molecule has 2 saturated heterocycles. The second-order valence-electron chi connectivity index (χ2n) is 6.90. The van der Waals surface area contributed by atoms with E-state index in [0.29, 0.717) is 19.6 Å². The first-order chi connectivity index (χ1) is 12.0. The number of ether oxygens (including phenoxy) is 1. The molecule has 1 aromatic rings. The number of anilines is 1. The van der Waals surface area contributed by atoms with E-state index >= 15 is 0 Å². The minimum atomic E-state index is -0.299. The summed E-state index contributed by atoms with van der Waals surface area (Å²) in [6.45, 7) is 3.44. The lowest BCUT2D eigenvalue weighted by atomic mass is 10.2. The zero-order valence-electron chi connectivity index (χ0n) is 15.1. The second-order valence-corrected chi connectivity index (χ2v) is 6.90. The molecule has 0 N–H and O–H groups in total. The van der Waals surface area contributed by atoms with Crippen LogP contribution in [0.3, 0.4) is 0 Å². The van der Waals surface area contributed by atoms with Crippen LogP contribution in [-0.4, -0.2) is 72.5 Å². The average molecular weight is 346 g/mol. The van der Waals surface area contributed by atoms with Crippen LogP contribution in [0, 0.1) is 0 Å². The fourth-order valence-corrected chi connectivity index (χ4v) is 3.63. The van der Waals surface area contributed by atoms with Gasteiger partial charge in [-0.3, -0.25) is 9.59 Å². The predicted molar refractivity (Wildman–Crippen MR) is 94.6 cm³/mol. The minimum Gasteiger partial charge on any atom is -0.485 e. The van der Waals surface area contributed by atoms with Crippen molar-refractivity contribution < 1.29 is 14.3 Å². The summed E-state index contributed by atoms with van der Waals surface area (Å²) in [5.74, 6) is 1.55. The molecule has 0 unspecified atom stereocenters. The molecule has 7 nitrogen and oxygen atoms in total. The van der Waals surface area contributed by atoms with E-state index in [4.69, 9.17) is 4.74 Å². The topological polar surface area (TPSA) is 66.0 Å².